The molecule has 1 fully saturated rings. The van der Waals surface area contributed by atoms with Gasteiger partial charge in [0.2, 0.25) is 0 Å². The largest absolute Gasteiger partial charge is 0.444 e. The fraction of sp³-hybridized carbons (Fsp3) is 0.750. The topological polar surface area (TPSA) is 58.2 Å². The van der Waals surface area contributed by atoms with Crippen molar-refractivity contribution >= 4 is 41.4 Å². The van der Waals surface area contributed by atoms with Gasteiger partial charge in [0.15, 0.2) is 8.29 Å². The molecular formula is C12H19N3O2S3. The van der Waals surface area contributed by atoms with Crippen molar-refractivity contribution in [3.05, 3.63) is 3.95 Å². The molecule has 0 aliphatic carbocycles. The van der Waals surface area contributed by atoms with Crippen LogP contribution in [-0.2, 0) is 4.74 Å². The second-order valence-corrected chi connectivity index (χ2v) is 8.88. The molecule has 1 amide bonds. The Balaban J connectivity index is 1.80. The minimum atomic E-state index is -0.431. The van der Waals surface area contributed by atoms with Crippen LogP contribution in [0.5, 0.6) is 0 Å². The Morgan fingerprint density at radius 2 is 2.15 bits per heavy atom. The summed E-state index contributed by atoms with van der Waals surface area (Å²) < 4.78 is 7.07. The molecule has 0 radical (unpaired) electrons. The lowest BCUT2D eigenvalue weighted by molar-refractivity contribution is 0.0219. The number of ether oxygens (including phenoxy) is 1. The lowest BCUT2D eigenvalue weighted by atomic mass is 10.1. The highest BCUT2D eigenvalue weighted by molar-refractivity contribution is 8.01. The molecular weight excluding hydrogens is 314 g/mol. The van der Waals surface area contributed by atoms with Gasteiger partial charge in [0.1, 0.15) is 5.60 Å². The molecule has 0 bridgehead atoms. The number of nitrogens with zero attached hydrogens (tertiary/aromatic N) is 2. The van der Waals surface area contributed by atoms with E-state index >= 15 is 0 Å². The smallest absolute Gasteiger partial charge is 0.410 e. The molecule has 0 unspecified atom stereocenters. The highest BCUT2D eigenvalue weighted by Gasteiger charge is 2.27. The van der Waals surface area contributed by atoms with E-state index in [9.17, 15) is 4.79 Å². The Kier molecular flexibility index (Phi) is 5.09. The number of carbonyl (C=O) groups excluding carboxylic acids is 1. The second-order valence-electron chi connectivity index (χ2n) is 5.66. The van der Waals surface area contributed by atoms with Gasteiger partial charge in [0, 0.05) is 18.3 Å². The summed E-state index contributed by atoms with van der Waals surface area (Å²) in [4.78, 5) is 13.7. The third-order valence-electron chi connectivity index (χ3n) is 2.78. The van der Waals surface area contributed by atoms with Crippen LogP contribution in [0.15, 0.2) is 4.34 Å². The van der Waals surface area contributed by atoms with Crippen molar-refractivity contribution in [1.82, 2.24) is 15.1 Å². The van der Waals surface area contributed by atoms with Gasteiger partial charge in [-0.3, -0.25) is 5.10 Å². The number of carbonyl (C=O) groups is 1. The number of thioether (sulfide) groups is 1. The zero-order valence-corrected chi connectivity index (χ0v) is 14.3. The maximum Gasteiger partial charge on any atom is 0.410 e. The van der Waals surface area contributed by atoms with Gasteiger partial charge in [-0.25, -0.2) is 4.79 Å². The molecule has 0 spiro atoms. The number of aromatic nitrogens is 2. The number of rotatable bonds is 2. The Hall–Kier alpha value is -0.600. The van der Waals surface area contributed by atoms with E-state index in [0.29, 0.717) is 9.20 Å². The van der Waals surface area contributed by atoms with E-state index in [2.05, 4.69) is 10.2 Å². The lowest BCUT2D eigenvalue weighted by Gasteiger charge is -2.32. The number of nitrogens with one attached hydrogen (secondary N) is 1. The Bertz CT molecular complexity index is 513. The third kappa shape index (κ3) is 4.75. The molecule has 2 rings (SSSR count). The monoisotopic (exact) mass is 333 g/mol. The summed E-state index contributed by atoms with van der Waals surface area (Å²) in [5, 5.41) is 7.44. The molecule has 0 aromatic carbocycles. The van der Waals surface area contributed by atoms with Gasteiger partial charge >= 0.3 is 6.09 Å². The van der Waals surface area contributed by atoms with E-state index in [4.69, 9.17) is 17.0 Å². The van der Waals surface area contributed by atoms with Crippen LogP contribution in [0.3, 0.4) is 0 Å². The molecule has 1 N–H and O–H groups in total. The molecule has 0 saturated carbocycles. The quantitative estimate of drug-likeness (QED) is 0.837. The van der Waals surface area contributed by atoms with Crippen molar-refractivity contribution < 1.29 is 9.53 Å². The fourth-order valence-corrected chi connectivity index (χ4v) is 4.35. The normalized spacial score (nSPS) is 17.2. The van der Waals surface area contributed by atoms with Crippen LogP contribution in [-0.4, -0.2) is 45.1 Å². The van der Waals surface area contributed by atoms with Gasteiger partial charge in [-0.1, -0.05) is 23.1 Å². The number of piperidine rings is 1. The number of H-pyrrole nitrogens is 1. The first kappa shape index (κ1) is 15.8. The van der Waals surface area contributed by atoms with E-state index < -0.39 is 5.60 Å². The molecule has 1 aliphatic rings. The summed E-state index contributed by atoms with van der Waals surface area (Å²) >= 11 is 8.27. The van der Waals surface area contributed by atoms with Crippen LogP contribution in [0.4, 0.5) is 4.79 Å². The Morgan fingerprint density at radius 3 is 2.65 bits per heavy atom. The average Bonchev–Trinajstić information content (AvgIpc) is 2.73. The van der Waals surface area contributed by atoms with Crippen LogP contribution < -0.4 is 0 Å². The lowest BCUT2D eigenvalue weighted by Crippen LogP contribution is -2.42. The molecule has 1 aromatic rings. The van der Waals surface area contributed by atoms with Gasteiger partial charge in [-0.05, 0) is 45.8 Å². The predicted molar refractivity (Wildman–Crippen MR) is 84.0 cm³/mol. The summed E-state index contributed by atoms with van der Waals surface area (Å²) in [6, 6.07) is 0. The van der Waals surface area contributed by atoms with Crippen molar-refractivity contribution in [1.29, 1.82) is 0 Å². The zero-order chi connectivity index (χ0) is 14.8. The van der Waals surface area contributed by atoms with E-state index in [1.54, 1.807) is 16.7 Å². The maximum absolute atomic E-state index is 11.9. The predicted octanol–water partition coefficient (Wildman–Crippen LogP) is 3.69. The minimum Gasteiger partial charge on any atom is -0.444 e. The Labute approximate surface area is 132 Å². The number of amides is 1. The number of likely N-dealkylation sites (tertiary alicyclic amines) is 1. The molecule has 1 aromatic heterocycles. The summed E-state index contributed by atoms with van der Waals surface area (Å²) in [5.41, 5.74) is -0.431. The molecule has 1 aliphatic heterocycles. The third-order valence-corrected chi connectivity index (χ3v) is 5.30. The van der Waals surface area contributed by atoms with Gasteiger partial charge in [-0.2, -0.15) is 5.10 Å². The van der Waals surface area contributed by atoms with Crippen molar-refractivity contribution in [2.45, 2.75) is 48.8 Å². The summed E-state index contributed by atoms with van der Waals surface area (Å²) in [6.45, 7) is 7.14. The number of aromatic amines is 1. The first-order valence-electron chi connectivity index (χ1n) is 6.53. The molecule has 2 heterocycles. The van der Waals surface area contributed by atoms with Gasteiger partial charge in [0.05, 0.1) is 0 Å². The highest BCUT2D eigenvalue weighted by Crippen LogP contribution is 2.31. The fourth-order valence-electron chi connectivity index (χ4n) is 1.89. The standard InChI is InChI=1S/C12H19N3O2S3/c1-12(2,3)17-11(16)15-6-4-8(5-7-15)19-10-14-13-9(18)20-10/h8H,4-7H2,1-3H3,(H,13,18). The second kappa shape index (κ2) is 6.44. The molecule has 1 saturated heterocycles. The SMILES string of the molecule is CC(C)(C)OC(=O)N1CCC(Sc2n[nH]c(=S)s2)CC1. The minimum absolute atomic E-state index is 0.212. The maximum atomic E-state index is 11.9. The van der Waals surface area contributed by atoms with Crippen LogP contribution in [0.2, 0.25) is 0 Å². The van der Waals surface area contributed by atoms with Crippen molar-refractivity contribution in [3.8, 4) is 0 Å². The molecule has 20 heavy (non-hydrogen) atoms. The van der Waals surface area contributed by atoms with Gasteiger partial charge in [0.25, 0.3) is 0 Å². The highest BCUT2D eigenvalue weighted by atomic mass is 32.2. The first-order valence-corrected chi connectivity index (χ1v) is 8.64. The van der Waals surface area contributed by atoms with E-state index in [1.165, 1.54) is 11.3 Å². The van der Waals surface area contributed by atoms with Crippen LogP contribution in [0, 0.1) is 3.95 Å². The molecule has 8 heteroatoms. The average molecular weight is 334 g/mol. The van der Waals surface area contributed by atoms with Gasteiger partial charge in [-0.15, -0.1) is 0 Å². The molecule has 0 atom stereocenters. The van der Waals surface area contributed by atoms with E-state index in [-0.39, 0.29) is 6.09 Å². The first-order chi connectivity index (χ1) is 9.33. The van der Waals surface area contributed by atoms with E-state index in [0.717, 1.165) is 30.3 Å². The summed E-state index contributed by atoms with van der Waals surface area (Å²) in [5.74, 6) is 0. The zero-order valence-electron chi connectivity index (χ0n) is 11.8. The van der Waals surface area contributed by atoms with Crippen LogP contribution >= 0.6 is 35.3 Å². The molecule has 112 valence electrons. The van der Waals surface area contributed by atoms with Gasteiger partial charge < -0.3 is 9.64 Å². The van der Waals surface area contributed by atoms with Crippen molar-refractivity contribution in [3.63, 3.8) is 0 Å². The van der Waals surface area contributed by atoms with E-state index in [1.807, 2.05) is 20.8 Å². The summed E-state index contributed by atoms with van der Waals surface area (Å²) in [6.07, 6.45) is 1.70. The van der Waals surface area contributed by atoms with Crippen molar-refractivity contribution in [2.24, 2.45) is 0 Å². The van der Waals surface area contributed by atoms with Crippen molar-refractivity contribution in [2.75, 3.05) is 13.1 Å². The molecule has 5 nitrogen and oxygen atoms in total. The number of hydrogen-bond donors (Lipinski definition) is 1. The van der Waals surface area contributed by atoms with Crippen LogP contribution in [0.1, 0.15) is 33.6 Å². The Morgan fingerprint density at radius 1 is 1.50 bits per heavy atom. The summed E-state index contributed by atoms with van der Waals surface area (Å²) in [7, 11) is 0. The number of hydrogen-bond acceptors (Lipinski definition) is 6. The van der Waals surface area contributed by atoms with Crippen LogP contribution in [0.25, 0.3) is 0 Å².